The van der Waals surface area contributed by atoms with Crippen LogP contribution in [0.25, 0.3) is 11.1 Å². The van der Waals surface area contributed by atoms with Gasteiger partial charge in [-0.25, -0.2) is 4.98 Å². The minimum Gasteiger partial charge on any atom is -0.367 e. The second-order valence-corrected chi connectivity index (χ2v) is 7.28. The van der Waals surface area contributed by atoms with E-state index >= 15 is 0 Å². The summed E-state index contributed by atoms with van der Waals surface area (Å²) in [7, 11) is 0. The van der Waals surface area contributed by atoms with Crippen molar-refractivity contribution in [1.29, 1.82) is 0 Å². The van der Waals surface area contributed by atoms with Gasteiger partial charge in [-0.3, -0.25) is 4.79 Å². The number of piperazine rings is 1. The van der Waals surface area contributed by atoms with Gasteiger partial charge in [0.05, 0.1) is 0 Å². The number of carbonyl (C=O) groups is 1. The van der Waals surface area contributed by atoms with E-state index in [1.807, 2.05) is 35.6 Å². The molecule has 4 rings (SSSR count). The molecule has 1 aliphatic heterocycles. The fourth-order valence-corrected chi connectivity index (χ4v) is 3.86. The quantitative estimate of drug-likeness (QED) is 0.702. The van der Waals surface area contributed by atoms with Gasteiger partial charge in [-0.05, 0) is 25.5 Å². The van der Waals surface area contributed by atoms with Crippen LogP contribution in [-0.4, -0.2) is 46.5 Å². The third-order valence-corrected chi connectivity index (χ3v) is 5.51. The summed E-state index contributed by atoms with van der Waals surface area (Å²) in [6.45, 7) is 7.49. The summed E-state index contributed by atoms with van der Waals surface area (Å²) in [6.07, 6.45) is 1.82. The third-order valence-electron chi connectivity index (χ3n) is 5.51. The molecular weight excluding hydrogens is 348 g/mol. The maximum atomic E-state index is 12.8. The van der Waals surface area contributed by atoms with Crippen molar-refractivity contribution in [1.82, 2.24) is 14.5 Å². The Bertz CT molecular complexity index is 936. The molecule has 0 radical (unpaired) electrons. The molecule has 3 aromatic rings. The Labute approximate surface area is 166 Å². The molecule has 0 saturated carbocycles. The van der Waals surface area contributed by atoms with E-state index in [0.717, 1.165) is 37.7 Å². The molecule has 5 nitrogen and oxygen atoms in total. The molecule has 0 bridgehead atoms. The number of aryl methyl sites for hydroxylation is 2. The standard InChI is InChI=1S/C23H26N4O/c1-18-16-24-19(2)27(18)17-23(28)26-14-12-25(13-15-26)22-11-7-6-10-21(22)20-8-4-3-5-9-20/h3-11,16H,12-15,17H2,1-2H3. The van der Waals surface area contributed by atoms with Gasteiger partial charge in [0.15, 0.2) is 0 Å². The Hall–Kier alpha value is -3.08. The minimum atomic E-state index is 0.167. The Kier molecular flexibility index (Phi) is 5.15. The normalized spacial score (nSPS) is 14.4. The highest BCUT2D eigenvalue weighted by molar-refractivity contribution is 5.79. The summed E-state index contributed by atoms with van der Waals surface area (Å²) in [5, 5.41) is 0. The van der Waals surface area contributed by atoms with Crippen LogP contribution in [0.5, 0.6) is 0 Å². The third kappa shape index (κ3) is 3.65. The van der Waals surface area contributed by atoms with E-state index in [-0.39, 0.29) is 5.91 Å². The van der Waals surface area contributed by atoms with E-state index in [1.165, 1.54) is 16.8 Å². The molecule has 144 valence electrons. The number of anilines is 1. The number of imidazole rings is 1. The van der Waals surface area contributed by atoms with Crippen molar-refractivity contribution in [2.24, 2.45) is 0 Å². The molecule has 2 heterocycles. The number of nitrogens with zero attached hydrogens (tertiary/aromatic N) is 4. The highest BCUT2D eigenvalue weighted by Gasteiger charge is 2.23. The lowest BCUT2D eigenvalue weighted by Crippen LogP contribution is -2.49. The van der Waals surface area contributed by atoms with Crippen LogP contribution in [0.1, 0.15) is 11.5 Å². The van der Waals surface area contributed by atoms with Crippen LogP contribution in [0.15, 0.2) is 60.8 Å². The summed E-state index contributed by atoms with van der Waals surface area (Å²) in [6, 6.07) is 19.0. The van der Waals surface area contributed by atoms with E-state index in [0.29, 0.717) is 6.54 Å². The molecule has 1 aromatic heterocycles. The van der Waals surface area contributed by atoms with Crippen LogP contribution < -0.4 is 4.90 Å². The average molecular weight is 374 g/mol. The van der Waals surface area contributed by atoms with Gasteiger partial charge in [0.2, 0.25) is 5.91 Å². The van der Waals surface area contributed by atoms with Gasteiger partial charge in [0.25, 0.3) is 0 Å². The van der Waals surface area contributed by atoms with Crippen LogP contribution in [-0.2, 0) is 11.3 Å². The summed E-state index contributed by atoms with van der Waals surface area (Å²) in [4.78, 5) is 21.4. The molecule has 0 spiro atoms. The van der Waals surface area contributed by atoms with Crippen molar-refractivity contribution in [3.63, 3.8) is 0 Å². The Balaban J connectivity index is 1.44. The number of carbonyl (C=O) groups excluding carboxylic acids is 1. The molecular formula is C23H26N4O. The number of para-hydroxylation sites is 1. The molecule has 5 heteroatoms. The molecule has 0 aliphatic carbocycles. The van der Waals surface area contributed by atoms with E-state index in [1.54, 1.807) is 0 Å². The fourth-order valence-electron chi connectivity index (χ4n) is 3.86. The van der Waals surface area contributed by atoms with Gasteiger partial charge in [0.1, 0.15) is 12.4 Å². The van der Waals surface area contributed by atoms with Gasteiger partial charge in [-0.15, -0.1) is 0 Å². The van der Waals surface area contributed by atoms with E-state index < -0.39 is 0 Å². The van der Waals surface area contributed by atoms with Crippen molar-refractivity contribution in [3.8, 4) is 11.1 Å². The average Bonchev–Trinajstić information content (AvgIpc) is 3.06. The van der Waals surface area contributed by atoms with Crippen LogP contribution in [0.2, 0.25) is 0 Å². The first-order chi connectivity index (χ1) is 13.6. The molecule has 0 atom stereocenters. The number of hydrogen-bond donors (Lipinski definition) is 0. The Morgan fingerprint density at radius 2 is 1.61 bits per heavy atom. The number of aromatic nitrogens is 2. The van der Waals surface area contributed by atoms with Gasteiger partial charge < -0.3 is 14.4 Å². The Morgan fingerprint density at radius 3 is 2.29 bits per heavy atom. The van der Waals surface area contributed by atoms with Crippen LogP contribution in [0, 0.1) is 13.8 Å². The first-order valence-electron chi connectivity index (χ1n) is 9.79. The summed E-state index contributed by atoms with van der Waals surface area (Å²) in [5.74, 6) is 1.06. The predicted octanol–water partition coefficient (Wildman–Crippen LogP) is 3.52. The highest BCUT2D eigenvalue weighted by Crippen LogP contribution is 2.31. The van der Waals surface area contributed by atoms with Crippen LogP contribution in [0.4, 0.5) is 5.69 Å². The fraction of sp³-hybridized carbons (Fsp3) is 0.304. The molecule has 28 heavy (non-hydrogen) atoms. The van der Waals surface area contributed by atoms with E-state index in [4.69, 9.17) is 0 Å². The van der Waals surface area contributed by atoms with Crippen molar-refractivity contribution in [3.05, 3.63) is 72.3 Å². The highest BCUT2D eigenvalue weighted by atomic mass is 16.2. The van der Waals surface area contributed by atoms with E-state index in [2.05, 4.69) is 58.4 Å². The SMILES string of the molecule is Cc1cnc(C)n1CC(=O)N1CCN(c2ccccc2-c2ccccc2)CC1. The zero-order valence-corrected chi connectivity index (χ0v) is 16.5. The number of benzene rings is 2. The van der Waals surface area contributed by atoms with Crippen molar-refractivity contribution in [2.75, 3.05) is 31.1 Å². The van der Waals surface area contributed by atoms with Gasteiger partial charge in [0, 0.05) is 49.3 Å². The van der Waals surface area contributed by atoms with Gasteiger partial charge in [-0.2, -0.15) is 0 Å². The summed E-state index contributed by atoms with van der Waals surface area (Å²) < 4.78 is 1.99. The second kappa shape index (κ2) is 7.89. The monoisotopic (exact) mass is 374 g/mol. The molecule has 0 N–H and O–H groups in total. The number of amides is 1. The zero-order chi connectivity index (χ0) is 19.5. The largest absolute Gasteiger partial charge is 0.367 e. The molecule has 1 aliphatic rings. The lowest BCUT2D eigenvalue weighted by Gasteiger charge is -2.37. The minimum absolute atomic E-state index is 0.167. The molecule has 1 amide bonds. The second-order valence-electron chi connectivity index (χ2n) is 7.28. The Morgan fingerprint density at radius 1 is 0.929 bits per heavy atom. The zero-order valence-electron chi connectivity index (χ0n) is 16.5. The molecule has 1 saturated heterocycles. The molecule has 0 unspecified atom stereocenters. The smallest absolute Gasteiger partial charge is 0.242 e. The van der Waals surface area contributed by atoms with Gasteiger partial charge in [-0.1, -0.05) is 48.5 Å². The van der Waals surface area contributed by atoms with E-state index in [9.17, 15) is 4.79 Å². The summed E-state index contributed by atoms with van der Waals surface area (Å²) in [5.41, 5.74) is 4.73. The summed E-state index contributed by atoms with van der Waals surface area (Å²) >= 11 is 0. The molecule has 1 fully saturated rings. The molecule has 2 aromatic carbocycles. The number of rotatable bonds is 4. The maximum absolute atomic E-state index is 12.8. The maximum Gasteiger partial charge on any atom is 0.242 e. The van der Waals surface area contributed by atoms with Crippen molar-refractivity contribution >= 4 is 11.6 Å². The predicted molar refractivity (Wildman–Crippen MR) is 112 cm³/mol. The first-order valence-corrected chi connectivity index (χ1v) is 9.79. The lowest BCUT2D eigenvalue weighted by atomic mass is 10.0. The first kappa shape index (κ1) is 18.3. The van der Waals surface area contributed by atoms with Crippen molar-refractivity contribution < 1.29 is 4.79 Å². The van der Waals surface area contributed by atoms with Gasteiger partial charge >= 0.3 is 0 Å². The topological polar surface area (TPSA) is 41.4 Å². The van der Waals surface area contributed by atoms with Crippen molar-refractivity contribution in [2.45, 2.75) is 20.4 Å². The van der Waals surface area contributed by atoms with Crippen LogP contribution in [0.3, 0.4) is 0 Å². The number of hydrogen-bond acceptors (Lipinski definition) is 3. The lowest BCUT2D eigenvalue weighted by molar-refractivity contribution is -0.132. The van der Waals surface area contributed by atoms with Crippen LogP contribution >= 0.6 is 0 Å².